The molecule has 1 aliphatic heterocycles. The van der Waals surface area contributed by atoms with Gasteiger partial charge in [0.15, 0.2) is 5.17 Å². The number of rotatable bonds is 5. The summed E-state index contributed by atoms with van der Waals surface area (Å²) in [6, 6.07) is 8.03. The van der Waals surface area contributed by atoms with Gasteiger partial charge in [0.1, 0.15) is 0 Å². The molecule has 1 saturated heterocycles. The number of benzene rings is 1. The zero-order valence-electron chi connectivity index (χ0n) is 13.4. The van der Waals surface area contributed by atoms with Crippen LogP contribution in [0.5, 0.6) is 0 Å². The van der Waals surface area contributed by atoms with E-state index in [0.29, 0.717) is 11.4 Å². The second kappa shape index (κ2) is 9.44. The molecular formula is C16H21N3O2S2. The maximum atomic E-state index is 12.2. The Balaban J connectivity index is 0.00000127. The minimum absolute atomic E-state index is 0.125. The third kappa shape index (κ3) is 4.89. The number of hydrogen-bond donors (Lipinski definition) is 2. The van der Waals surface area contributed by atoms with Gasteiger partial charge >= 0.3 is 0 Å². The van der Waals surface area contributed by atoms with E-state index in [-0.39, 0.29) is 11.1 Å². The molecule has 0 unspecified atom stereocenters. The van der Waals surface area contributed by atoms with Crippen LogP contribution in [-0.2, 0) is 4.79 Å². The minimum Gasteiger partial charge on any atom is -0.400 e. The van der Waals surface area contributed by atoms with E-state index < -0.39 is 0 Å². The van der Waals surface area contributed by atoms with Crippen LogP contribution >= 0.6 is 23.5 Å². The number of hydrogen-bond acceptors (Lipinski definition) is 6. The fraction of sp³-hybridized carbons (Fsp3) is 0.250. The number of nitrogens with one attached hydrogen (secondary N) is 1. The third-order valence-electron chi connectivity index (χ3n) is 2.86. The first kappa shape index (κ1) is 19.3. The molecule has 1 aliphatic rings. The van der Waals surface area contributed by atoms with Gasteiger partial charge in [-0.3, -0.25) is 15.1 Å². The van der Waals surface area contributed by atoms with Crippen molar-refractivity contribution in [2.24, 2.45) is 0 Å². The van der Waals surface area contributed by atoms with Crippen LogP contribution in [-0.4, -0.2) is 48.8 Å². The van der Waals surface area contributed by atoms with Crippen molar-refractivity contribution in [3.63, 3.8) is 0 Å². The molecule has 0 saturated carbocycles. The Kier molecular flexibility index (Phi) is 7.94. The van der Waals surface area contributed by atoms with E-state index in [4.69, 9.17) is 10.5 Å². The number of carbonyl (C=O) groups is 1. The van der Waals surface area contributed by atoms with Gasteiger partial charge < -0.3 is 10.0 Å². The van der Waals surface area contributed by atoms with Crippen LogP contribution in [0.15, 0.2) is 52.1 Å². The van der Waals surface area contributed by atoms with Crippen LogP contribution in [0.3, 0.4) is 0 Å². The van der Waals surface area contributed by atoms with Gasteiger partial charge in [-0.25, -0.2) is 0 Å². The highest BCUT2D eigenvalue weighted by Gasteiger charge is 2.31. The first-order valence-corrected chi connectivity index (χ1v) is 8.51. The molecule has 23 heavy (non-hydrogen) atoms. The summed E-state index contributed by atoms with van der Waals surface area (Å²) < 4.78 is 0. The van der Waals surface area contributed by atoms with Crippen molar-refractivity contribution >= 4 is 40.3 Å². The van der Waals surface area contributed by atoms with Crippen molar-refractivity contribution in [3.8, 4) is 0 Å². The van der Waals surface area contributed by atoms with Crippen molar-refractivity contribution in [2.75, 3.05) is 32.6 Å². The van der Waals surface area contributed by atoms with Crippen molar-refractivity contribution in [2.45, 2.75) is 4.90 Å². The second-order valence-electron chi connectivity index (χ2n) is 4.57. The highest BCUT2D eigenvalue weighted by Crippen LogP contribution is 2.36. The normalized spacial score (nSPS) is 15.5. The minimum atomic E-state index is -0.125. The van der Waals surface area contributed by atoms with Crippen LogP contribution in [0.25, 0.3) is 0 Å². The molecule has 0 atom stereocenters. The molecule has 0 radical (unpaired) electrons. The summed E-state index contributed by atoms with van der Waals surface area (Å²) in [7, 11) is 4.98. The predicted molar refractivity (Wildman–Crippen MR) is 100 cm³/mol. The van der Waals surface area contributed by atoms with Crippen LogP contribution in [0.1, 0.15) is 0 Å². The lowest BCUT2D eigenvalue weighted by Crippen LogP contribution is -2.28. The number of aliphatic hydroxyl groups is 1. The number of amides is 1. The molecule has 7 heteroatoms. The summed E-state index contributed by atoms with van der Waals surface area (Å²) in [5, 5.41) is 16.9. The summed E-state index contributed by atoms with van der Waals surface area (Å²) in [6.45, 7) is 3.99. The zero-order chi connectivity index (χ0) is 17.4. The highest BCUT2D eigenvalue weighted by atomic mass is 32.2. The van der Waals surface area contributed by atoms with Gasteiger partial charge in [-0.1, -0.05) is 30.0 Å². The molecule has 1 aromatic carbocycles. The molecule has 5 nitrogen and oxygen atoms in total. The van der Waals surface area contributed by atoms with Gasteiger partial charge in [0.2, 0.25) is 0 Å². The number of amidine groups is 1. The SMILES string of the molecule is C=CCN1C(=N)S/C(=C\Sc2ccccc2N(C)C)C1=O.CO. The lowest BCUT2D eigenvalue weighted by molar-refractivity contribution is -0.121. The maximum absolute atomic E-state index is 12.2. The third-order valence-corrected chi connectivity index (χ3v) is 4.89. The van der Waals surface area contributed by atoms with Gasteiger partial charge in [-0.2, -0.15) is 0 Å². The van der Waals surface area contributed by atoms with Gasteiger partial charge in [0.05, 0.1) is 10.6 Å². The van der Waals surface area contributed by atoms with E-state index >= 15 is 0 Å². The Morgan fingerprint density at radius 3 is 2.65 bits per heavy atom. The quantitative estimate of drug-likeness (QED) is 0.485. The Labute approximate surface area is 145 Å². The van der Waals surface area contributed by atoms with Crippen LogP contribution < -0.4 is 4.90 Å². The molecule has 124 valence electrons. The van der Waals surface area contributed by atoms with Crippen molar-refractivity contribution in [1.82, 2.24) is 4.90 Å². The summed E-state index contributed by atoms with van der Waals surface area (Å²) in [4.78, 5) is 17.3. The summed E-state index contributed by atoms with van der Waals surface area (Å²) in [6.07, 6.45) is 1.63. The number of thioether (sulfide) groups is 2. The van der Waals surface area contributed by atoms with Crippen molar-refractivity contribution in [1.29, 1.82) is 5.41 Å². The standard InChI is InChI=1S/C15H17N3OS2.CH4O/c1-4-9-18-14(19)13(21-15(18)16)10-20-12-8-6-5-7-11(12)17(2)3;1-2/h4-8,10,16H,1,9H2,2-3H3;2H,1H3/b13-10-,16-15?;. The summed E-state index contributed by atoms with van der Waals surface area (Å²) >= 11 is 2.70. The van der Waals surface area contributed by atoms with Crippen molar-refractivity contribution in [3.05, 3.63) is 47.2 Å². The van der Waals surface area contributed by atoms with Gasteiger partial charge in [-0.05, 0) is 29.3 Å². The monoisotopic (exact) mass is 351 g/mol. The van der Waals surface area contributed by atoms with Crippen LogP contribution in [0, 0.1) is 5.41 Å². The van der Waals surface area contributed by atoms with E-state index in [1.165, 1.54) is 28.4 Å². The van der Waals surface area contributed by atoms with Crippen molar-refractivity contribution < 1.29 is 9.90 Å². The molecule has 2 N–H and O–H groups in total. The van der Waals surface area contributed by atoms with E-state index in [0.717, 1.165) is 17.7 Å². The Morgan fingerprint density at radius 1 is 1.39 bits per heavy atom. The first-order chi connectivity index (χ1) is 11.0. The molecule has 1 fully saturated rings. The van der Waals surface area contributed by atoms with E-state index in [1.807, 2.05) is 48.7 Å². The van der Waals surface area contributed by atoms with Gasteiger partial charge in [-0.15, -0.1) is 6.58 Å². The number of carbonyl (C=O) groups excluding carboxylic acids is 1. The highest BCUT2D eigenvalue weighted by molar-refractivity contribution is 8.19. The number of aliphatic hydroxyl groups excluding tert-OH is 1. The molecule has 1 aromatic rings. The maximum Gasteiger partial charge on any atom is 0.267 e. The molecule has 0 aliphatic carbocycles. The smallest absolute Gasteiger partial charge is 0.267 e. The van der Waals surface area contributed by atoms with E-state index in [1.54, 1.807) is 6.08 Å². The molecule has 1 heterocycles. The zero-order valence-corrected chi connectivity index (χ0v) is 15.1. The van der Waals surface area contributed by atoms with E-state index in [9.17, 15) is 4.79 Å². The largest absolute Gasteiger partial charge is 0.400 e. The molecular weight excluding hydrogens is 330 g/mol. The lowest BCUT2D eigenvalue weighted by atomic mass is 10.3. The molecule has 0 spiro atoms. The number of nitrogens with zero attached hydrogens (tertiary/aromatic N) is 2. The van der Waals surface area contributed by atoms with Crippen LogP contribution in [0.4, 0.5) is 5.69 Å². The topological polar surface area (TPSA) is 67.6 Å². The van der Waals surface area contributed by atoms with E-state index in [2.05, 4.69) is 6.58 Å². The fourth-order valence-electron chi connectivity index (χ4n) is 1.84. The second-order valence-corrected chi connectivity index (χ2v) is 6.52. The summed E-state index contributed by atoms with van der Waals surface area (Å²) in [5.41, 5.74) is 1.10. The molecule has 0 aromatic heterocycles. The first-order valence-electron chi connectivity index (χ1n) is 6.81. The Bertz CT molecular complexity index is 615. The lowest BCUT2D eigenvalue weighted by Gasteiger charge is -2.15. The Hall–Kier alpha value is -1.70. The van der Waals surface area contributed by atoms with Gasteiger partial charge in [0, 0.05) is 32.6 Å². The molecule has 0 bridgehead atoms. The number of para-hydroxylation sites is 1. The average molecular weight is 351 g/mol. The average Bonchev–Trinajstić information content (AvgIpc) is 2.83. The van der Waals surface area contributed by atoms with Gasteiger partial charge in [0.25, 0.3) is 5.91 Å². The summed E-state index contributed by atoms with van der Waals surface area (Å²) in [5.74, 6) is -0.125. The molecule has 2 rings (SSSR count). The molecule has 1 amide bonds. The fourth-order valence-corrected chi connectivity index (χ4v) is 3.71. The predicted octanol–water partition coefficient (Wildman–Crippen LogP) is 2.99. The Morgan fingerprint density at radius 2 is 2.04 bits per heavy atom. The number of anilines is 1. The van der Waals surface area contributed by atoms with Crippen LogP contribution in [0.2, 0.25) is 0 Å².